The van der Waals surface area contributed by atoms with Crippen LogP contribution in [0.25, 0.3) is 0 Å². The van der Waals surface area contributed by atoms with E-state index in [1.165, 1.54) is 45.1 Å². The SMILES string of the molecule is CNCCCCCCN1CC2CCC(C1)N2C=O. The Balaban J connectivity index is 1.60. The van der Waals surface area contributed by atoms with Gasteiger partial charge in [-0.3, -0.25) is 9.69 Å². The van der Waals surface area contributed by atoms with Crippen LogP contribution < -0.4 is 5.32 Å². The smallest absolute Gasteiger partial charge is 0.210 e. The average molecular weight is 253 g/mol. The summed E-state index contributed by atoms with van der Waals surface area (Å²) in [5.74, 6) is 0. The molecule has 1 N–H and O–H groups in total. The van der Waals surface area contributed by atoms with E-state index in [1.54, 1.807) is 0 Å². The van der Waals surface area contributed by atoms with Crippen molar-refractivity contribution in [3.05, 3.63) is 0 Å². The van der Waals surface area contributed by atoms with E-state index in [1.807, 2.05) is 7.05 Å². The third kappa shape index (κ3) is 3.45. The lowest BCUT2D eigenvalue weighted by molar-refractivity contribution is -0.123. The monoisotopic (exact) mass is 253 g/mol. The molecular weight excluding hydrogens is 226 g/mol. The van der Waals surface area contributed by atoms with Gasteiger partial charge in [-0.25, -0.2) is 0 Å². The van der Waals surface area contributed by atoms with Crippen LogP contribution in [0.15, 0.2) is 0 Å². The minimum absolute atomic E-state index is 0.505. The molecule has 4 heteroatoms. The largest absolute Gasteiger partial charge is 0.337 e. The fourth-order valence-electron chi connectivity index (χ4n) is 3.37. The highest BCUT2D eigenvalue weighted by atomic mass is 16.1. The van der Waals surface area contributed by atoms with Gasteiger partial charge in [0.05, 0.1) is 0 Å². The molecule has 2 heterocycles. The molecule has 2 rings (SSSR count). The van der Waals surface area contributed by atoms with Crippen molar-refractivity contribution in [1.82, 2.24) is 15.1 Å². The van der Waals surface area contributed by atoms with Gasteiger partial charge in [-0.05, 0) is 45.8 Å². The van der Waals surface area contributed by atoms with Crippen molar-refractivity contribution < 1.29 is 4.79 Å². The zero-order chi connectivity index (χ0) is 12.8. The molecule has 0 aromatic heterocycles. The zero-order valence-corrected chi connectivity index (χ0v) is 11.6. The van der Waals surface area contributed by atoms with Crippen molar-refractivity contribution in [2.75, 3.05) is 33.2 Å². The number of unbranched alkanes of at least 4 members (excludes halogenated alkanes) is 3. The molecule has 2 unspecified atom stereocenters. The van der Waals surface area contributed by atoms with Gasteiger partial charge in [-0.1, -0.05) is 12.8 Å². The lowest BCUT2D eigenvalue weighted by Crippen LogP contribution is -2.53. The van der Waals surface area contributed by atoms with Gasteiger partial charge in [-0.15, -0.1) is 0 Å². The van der Waals surface area contributed by atoms with Crippen LogP contribution in [0.1, 0.15) is 38.5 Å². The van der Waals surface area contributed by atoms with Gasteiger partial charge in [0.25, 0.3) is 0 Å². The number of amides is 1. The van der Waals surface area contributed by atoms with Crippen LogP contribution in [0.4, 0.5) is 0 Å². The third-order valence-electron chi connectivity index (χ3n) is 4.39. The van der Waals surface area contributed by atoms with Crippen molar-refractivity contribution in [3.63, 3.8) is 0 Å². The van der Waals surface area contributed by atoms with Crippen LogP contribution in [0, 0.1) is 0 Å². The fourth-order valence-corrected chi connectivity index (χ4v) is 3.37. The second-order valence-electron chi connectivity index (χ2n) is 5.71. The summed E-state index contributed by atoms with van der Waals surface area (Å²) >= 11 is 0. The Morgan fingerprint density at radius 2 is 1.78 bits per heavy atom. The number of hydrogen-bond acceptors (Lipinski definition) is 3. The molecule has 2 aliphatic rings. The van der Waals surface area contributed by atoms with E-state index in [9.17, 15) is 4.79 Å². The first kappa shape index (κ1) is 13.8. The number of nitrogens with zero attached hydrogens (tertiary/aromatic N) is 2. The Morgan fingerprint density at radius 1 is 1.11 bits per heavy atom. The fraction of sp³-hybridized carbons (Fsp3) is 0.929. The van der Waals surface area contributed by atoms with Crippen LogP contribution in [0.2, 0.25) is 0 Å². The standard InChI is InChI=1S/C14H27N3O/c1-15-8-4-2-3-5-9-16-10-13-6-7-14(11-16)17(13)12-18/h12-15H,2-11H2,1H3. The van der Waals surface area contributed by atoms with E-state index in [2.05, 4.69) is 15.1 Å². The Morgan fingerprint density at radius 3 is 2.39 bits per heavy atom. The lowest BCUT2D eigenvalue weighted by atomic mass is 10.1. The maximum atomic E-state index is 11.0. The minimum atomic E-state index is 0.505. The second-order valence-corrected chi connectivity index (χ2v) is 5.71. The normalized spacial score (nSPS) is 27.7. The summed E-state index contributed by atoms with van der Waals surface area (Å²) in [6.07, 6.45) is 8.76. The summed E-state index contributed by atoms with van der Waals surface area (Å²) in [6, 6.07) is 1.01. The molecule has 0 saturated carbocycles. The van der Waals surface area contributed by atoms with Crippen LogP contribution in [-0.4, -0.2) is 61.5 Å². The minimum Gasteiger partial charge on any atom is -0.337 e. The highest BCUT2D eigenvalue weighted by Gasteiger charge is 2.38. The quantitative estimate of drug-likeness (QED) is 0.519. The highest BCUT2D eigenvalue weighted by molar-refractivity contribution is 5.50. The first-order chi connectivity index (χ1) is 8.85. The molecule has 2 fully saturated rings. The molecule has 0 aromatic carbocycles. The predicted octanol–water partition coefficient (Wildman–Crippen LogP) is 1.07. The zero-order valence-electron chi connectivity index (χ0n) is 11.6. The number of hydrogen-bond donors (Lipinski definition) is 1. The van der Waals surface area contributed by atoms with Crippen molar-refractivity contribution in [2.24, 2.45) is 0 Å². The molecule has 2 aliphatic heterocycles. The molecule has 4 nitrogen and oxygen atoms in total. The third-order valence-corrected chi connectivity index (χ3v) is 4.39. The van der Waals surface area contributed by atoms with Crippen molar-refractivity contribution in [1.29, 1.82) is 0 Å². The van der Waals surface area contributed by atoms with E-state index in [0.29, 0.717) is 12.1 Å². The summed E-state index contributed by atoms with van der Waals surface area (Å²) in [6.45, 7) is 4.57. The summed E-state index contributed by atoms with van der Waals surface area (Å²) in [4.78, 5) is 15.6. The number of rotatable bonds is 8. The van der Waals surface area contributed by atoms with Gasteiger partial charge in [0, 0.05) is 25.2 Å². The van der Waals surface area contributed by atoms with Gasteiger partial charge >= 0.3 is 0 Å². The van der Waals surface area contributed by atoms with Gasteiger partial charge in [0.2, 0.25) is 6.41 Å². The van der Waals surface area contributed by atoms with Gasteiger partial charge in [0.15, 0.2) is 0 Å². The topological polar surface area (TPSA) is 35.6 Å². The van der Waals surface area contributed by atoms with E-state index in [0.717, 1.165) is 26.0 Å². The van der Waals surface area contributed by atoms with Crippen molar-refractivity contribution >= 4 is 6.41 Å². The molecule has 2 atom stereocenters. The maximum Gasteiger partial charge on any atom is 0.210 e. The first-order valence-electron chi connectivity index (χ1n) is 7.45. The number of carbonyl (C=O) groups is 1. The highest BCUT2D eigenvalue weighted by Crippen LogP contribution is 2.28. The predicted molar refractivity (Wildman–Crippen MR) is 73.5 cm³/mol. The number of piperazine rings is 1. The maximum absolute atomic E-state index is 11.0. The van der Waals surface area contributed by atoms with Crippen LogP contribution in [0.3, 0.4) is 0 Å². The molecule has 2 bridgehead atoms. The number of nitrogens with one attached hydrogen (secondary N) is 1. The van der Waals surface area contributed by atoms with Crippen molar-refractivity contribution in [3.8, 4) is 0 Å². The van der Waals surface area contributed by atoms with Crippen molar-refractivity contribution in [2.45, 2.75) is 50.6 Å². The number of carbonyl (C=O) groups excluding carboxylic acids is 1. The van der Waals surface area contributed by atoms with E-state index in [4.69, 9.17) is 0 Å². The molecule has 0 aliphatic carbocycles. The summed E-state index contributed by atoms with van der Waals surface area (Å²) < 4.78 is 0. The Hall–Kier alpha value is -0.610. The Labute approximate surface area is 111 Å². The molecule has 0 radical (unpaired) electrons. The van der Waals surface area contributed by atoms with E-state index < -0.39 is 0 Å². The summed E-state index contributed by atoms with van der Waals surface area (Å²) in [7, 11) is 2.02. The Kier molecular flexibility index (Phi) is 5.45. The molecule has 1 amide bonds. The molecule has 0 aromatic rings. The van der Waals surface area contributed by atoms with E-state index in [-0.39, 0.29) is 0 Å². The molecule has 18 heavy (non-hydrogen) atoms. The van der Waals surface area contributed by atoms with Crippen LogP contribution in [-0.2, 0) is 4.79 Å². The number of likely N-dealkylation sites (tertiary alicyclic amines) is 1. The summed E-state index contributed by atoms with van der Waals surface area (Å²) in [5, 5.41) is 3.19. The molecule has 0 spiro atoms. The first-order valence-corrected chi connectivity index (χ1v) is 7.45. The lowest BCUT2D eigenvalue weighted by Gasteiger charge is -2.39. The Bertz CT molecular complexity index is 245. The molecular formula is C14H27N3O. The summed E-state index contributed by atoms with van der Waals surface area (Å²) in [5.41, 5.74) is 0. The van der Waals surface area contributed by atoms with Gasteiger partial charge < -0.3 is 10.2 Å². The van der Waals surface area contributed by atoms with Crippen LogP contribution >= 0.6 is 0 Å². The average Bonchev–Trinajstić information content (AvgIpc) is 2.63. The second kappa shape index (κ2) is 7.10. The molecule has 2 saturated heterocycles. The van der Waals surface area contributed by atoms with Crippen LogP contribution in [0.5, 0.6) is 0 Å². The number of fused-ring (bicyclic) bond motifs is 2. The van der Waals surface area contributed by atoms with Gasteiger partial charge in [-0.2, -0.15) is 0 Å². The molecule has 104 valence electrons. The van der Waals surface area contributed by atoms with E-state index >= 15 is 0 Å². The van der Waals surface area contributed by atoms with Gasteiger partial charge in [0.1, 0.15) is 0 Å².